The average molecular weight is 285 g/mol. The highest BCUT2D eigenvalue weighted by molar-refractivity contribution is 7.99. The quantitative estimate of drug-likeness (QED) is 0.549. The number of thioether (sulfide) groups is 1. The predicted octanol–water partition coefficient (Wildman–Crippen LogP) is 1.89. The Labute approximate surface area is 119 Å². The fourth-order valence-corrected chi connectivity index (χ4v) is 2.28. The smallest absolute Gasteiger partial charge is 0.231 e. The van der Waals surface area contributed by atoms with Gasteiger partial charge in [-0.1, -0.05) is 11.8 Å². The summed E-state index contributed by atoms with van der Waals surface area (Å²) in [7, 11) is 3.53. The third-order valence-corrected chi connectivity index (χ3v) is 3.53. The number of methoxy groups -OCH3 is 1. The largest absolute Gasteiger partial charge is 0.385 e. The van der Waals surface area contributed by atoms with Gasteiger partial charge in [-0.15, -0.1) is 0 Å². The van der Waals surface area contributed by atoms with E-state index in [0.29, 0.717) is 5.95 Å². The number of nitrogens with one attached hydrogen (secondary N) is 1. The zero-order valence-corrected chi connectivity index (χ0v) is 13.0. The molecule has 0 bridgehead atoms. The lowest BCUT2D eigenvalue weighted by molar-refractivity contribution is 0.200. The molecule has 7 heteroatoms. The van der Waals surface area contributed by atoms with E-state index in [-0.39, 0.29) is 0 Å². The molecule has 19 heavy (non-hydrogen) atoms. The first kappa shape index (κ1) is 16.0. The minimum absolute atomic E-state index is 0.617. The van der Waals surface area contributed by atoms with Gasteiger partial charge in [0.25, 0.3) is 0 Å². The van der Waals surface area contributed by atoms with Gasteiger partial charge in [-0.3, -0.25) is 0 Å². The van der Waals surface area contributed by atoms with Crippen molar-refractivity contribution < 1.29 is 4.74 Å². The van der Waals surface area contributed by atoms with Crippen LogP contribution in [0.2, 0.25) is 0 Å². The van der Waals surface area contributed by atoms with Crippen LogP contribution in [0.3, 0.4) is 0 Å². The zero-order valence-electron chi connectivity index (χ0n) is 12.1. The van der Waals surface area contributed by atoms with Crippen molar-refractivity contribution in [3.05, 3.63) is 0 Å². The molecule has 6 nitrogen and oxygen atoms in total. The molecule has 0 unspecified atom stereocenters. The summed E-state index contributed by atoms with van der Waals surface area (Å²) in [5, 5.41) is 3.75. The molecule has 0 atom stereocenters. The van der Waals surface area contributed by atoms with Gasteiger partial charge in [-0.25, -0.2) is 0 Å². The van der Waals surface area contributed by atoms with Crippen LogP contribution in [0.1, 0.15) is 20.3 Å². The summed E-state index contributed by atoms with van der Waals surface area (Å²) in [6.07, 6.45) is 0.988. The van der Waals surface area contributed by atoms with Crippen LogP contribution in [0.25, 0.3) is 0 Å². The van der Waals surface area contributed by atoms with Crippen molar-refractivity contribution in [2.24, 2.45) is 0 Å². The minimum Gasteiger partial charge on any atom is -0.385 e. The number of rotatable bonds is 9. The van der Waals surface area contributed by atoms with Gasteiger partial charge in [0.05, 0.1) is 0 Å². The second kappa shape index (κ2) is 8.92. The Morgan fingerprint density at radius 2 is 1.95 bits per heavy atom. The van der Waals surface area contributed by atoms with Crippen LogP contribution in [0.4, 0.5) is 11.9 Å². The second-order valence-corrected chi connectivity index (χ2v) is 4.92. The lowest BCUT2D eigenvalue weighted by Crippen LogP contribution is -2.25. The van der Waals surface area contributed by atoms with E-state index in [9.17, 15) is 0 Å². The molecule has 0 saturated heterocycles. The first-order valence-corrected chi connectivity index (χ1v) is 7.54. The lowest BCUT2D eigenvalue weighted by Gasteiger charge is -2.19. The monoisotopic (exact) mass is 285 g/mol. The number of hydrogen-bond acceptors (Lipinski definition) is 7. The van der Waals surface area contributed by atoms with Crippen molar-refractivity contribution in [1.82, 2.24) is 15.0 Å². The minimum atomic E-state index is 0.617. The van der Waals surface area contributed by atoms with Crippen LogP contribution < -0.4 is 10.2 Å². The highest BCUT2D eigenvalue weighted by Gasteiger charge is 2.10. The SMILES string of the molecule is CCN(CC)c1nc(NC)nc(SCCCOC)n1. The molecule has 1 aromatic rings. The molecule has 0 aliphatic carbocycles. The Morgan fingerprint density at radius 3 is 2.53 bits per heavy atom. The fourth-order valence-electron chi connectivity index (χ4n) is 1.54. The molecule has 0 amide bonds. The highest BCUT2D eigenvalue weighted by Crippen LogP contribution is 2.19. The number of nitrogens with zero attached hydrogens (tertiary/aromatic N) is 4. The maximum absolute atomic E-state index is 5.03. The summed E-state index contributed by atoms with van der Waals surface area (Å²) in [6.45, 7) is 6.73. The van der Waals surface area contributed by atoms with E-state index in [1.54, 1.807) is 18.9 Å². The standard InChI is InChI=1S/C12H23N5OS/c1-5-17(6-2)11-14-10(13-3)15-12(16-11)19-9-7-8-18-4/h5-9H2,1-4H3,(H,13,14,15,16). The topological polar surface area (TPSA) is 63.2 Å². The van der Waals surface area contributed by atoms with Gasteiger partial charge in [-0.05, 0) is 20.3 Å². The van der Waals surface area contributed by atoms with Crippen molar-refractivity contribution in [2.45, 2.75) is 25.4 Å². The molecule has 1 rings (SSSR count). The lowest BCUT2D eigenvalue weighted by atomic mass is 10.5. The van der Waals surface area contributed by atoms with Crippen LogP contribution in [-0.4, -0.2) is 54.6 Å². The highest BCUT2D eigenvalue weighted by atomic mass is 32.2. The summed E-state index contributed by atoms with van der Waals surface area (Å²) in [5.41, 5.74) is 0. The van der Waals surface area contributed by atoms with Gasteiger partial charge in [-0.2, -0.15) is 15.0 Å². The number of anilines is 2. The van der Waals surface area contributed by atoms with Crippen LogP contribution in [0.5, 0.6) is 0 Å². The van der Waals surface area contributed by atoms with Crippen molar-refractivity contribution >= 4 is 23.7 Å². The normalized spacial score (nSPS) is 10.5. The molecule has 0 fully saturated rings. The van der Waals surface area contributed by atoms with Gasteiger partial charge < -0.3 is 15.0 Å². The molecule has 0 radical (unpaired) electrons. The molecule has 1 N–H and O–H groups in total. The third kappa shape index (κ3) is 5.20. The molecule has 0 spiro atoms. The van der Waals surface area contributed by atoms with Crippen molar-refractivity contribution in [1.29, 1.82) is 0 Å². The molecule has 1 heterocycles. The summed E-state index contributed by atoms with van der Waals surface area (Å²) in [4.78, 5) is 15.4. The van der Waals surface area contributed by atoms with Gasteiger partial charge in [0.2, 0.25) is 11.9 Å². The van der Waals surface area contributed by atoms with E-state index in [1.165, 1.54) is 0 Å². The molecule has 0 aromatic carbocycles. The van der Waals surface area contributed by atoms with Crippen LogP contribution in [-0.2, 0) is 4.74 Å². The van der Waals surface area contributed by atoms with Crippen LogP contribution in [0.15, 0.2) is 5.16 Å². The Morgan fingerprint density at radius 1 is 1.21 bits per heavy atom. The molecular formula is C12H23N5OS. The van der Waals surface area contributed by atoms with E-state index in [1.807, 2.05) is 7.05 Å². The van der Waals surface area contributed by atoms with Gasteiger partial charge >= 0.3 is 0 Å². The van der Waals surface area contributed by atoms with E-state index >= 15 is 0 Å². The van der Waals surface area contributed by atoms with E-state index in [4.69, 9.17) is 4.74 Å². The maximum atomic E-state index is 5.03. The fraction of sp³-hybridized carbons (Fsp3) is 0.750. The first-order chi connectivity index (χ1) is 9.24. The Bertz CT molecular complexity index is 373. The maximum Gasteiger partial charge on any atom is 0.231 e. The molecule has 0 aliphatic heterocycles. The van der Waals surface area contributed by atoms with Crippen molar-refractivity contribution in [3.63, 3.8) is 0 Å². The summed E-state index contributed by atoms with van der Waals surface area (Å²) in [6, 6.07) is 0. The molecule has 1 aromatic heterocycles. The van der Waals surface area contributed by atoms with Crippen molar-refractivity contribution in [3.8, 4) is 0 Å². The van der Waals surface area contributed by atoms with E-state index in [0.717, 1.165) is 43.0 Å². The zero-order chi connectivity index (χ0) is 14.1. The van der Waals surface area contributed by atoms with Gasteiger partial charge in [0, 0.05) is 39.6 Å². The van der Waals surface area contributed by atoms with E-state index < -0.39 is 0 Å². The Balaban J connectivity index is 2.77. The molecule has 0 aliphatic rings. The third-order valence-electron chi connectivity index (χ3n) is 2.60. The Kier molecular flexibility index (Phi) is 7.50. The summed E-state index contributed by atoms with van der Waals surface area (Å²) >= 11 is 1.63. The van der Waals surface area contributed by atoms with Crippen LogP contribution >= 0.6 is 11.8 Å². The Hall–Kier alpha value is -1.08. The molecule has 0 saturated carbocycles. The molecule has 108 valence electrons. The first-order valence-electron chi connectivity index (χ1n) is 6.55. The second-order valence-electron chi connectivity index (χ2n) is 3.86. The van der Waals surface area contributed by atoms with Gasteiger partial charge in [0.15, 0.2) is 5.16 Å². The van der Waals surface area contributed by atoms with Crippen LogP contribution in [0, 0.1) is 0 Å². The summed E-state index contributed by atoms with van der Waals surface area (Å²) in [5.74, 6) is 2.29. The number of aromatic nitrogens is 3. The number of hydrogen-bond donors (Lipinski definition) is 1. The van der Waals surface area contributed by atoms with E-state index in [2.05, 4.69) is 39.0 Å². The molecular weight excluding hydrogens is 262 g/mol. The number of ether oxygens (including phenoxy) is 1. The van der Waals surface area contributed by atoms with Crippen molar-refractivity contribution in [2.75, 3.05) is 49.8 Å². The summed E-state index contributed by atoms with van der Waals surface area (Å²) < 4.78 is 5.03. The van der Waals surface area contributed by atoms with Gasteiger partial charge in [0.1, 0.15) is 0 Å². The predicted molar refractivity (Wildman–Crippen MR) is 80.2 cm³/mol. The average Bonchev–Trinajstić information content (AvgIpc) is 2.45.